The zero-order valence-electron chi connectivity index (χ0n) is 20.5. The minimum atomic E-state index is 0.0833. The molecule has 2 N–H and O–H groups in total. The number of fused-ring (bicyclic) bond motifs is 1. The number of aliphatic imine (C=N–C) groups is 1. The Morgan fingerprint density at radius 3 is 2.14 bits per heavy atom. The summed E-state index contributed by atoms with van der Waals surface area (Å²) in [5.41, 5.74) is 6.44. The third kappa shape index (κ3) is 5.16. The number of rotatable bonds is 8. The summed E-state index contributed by atoms with van der Waals surface area (Å²) in [5.74, 6) is 0.807. The van der Waals surface area contributed by atoms with Crippen LogP contribution in [0.1, 0.15) is 22.3 Å². The van der Waals surface area contributed by atoms with E-state index in [4.69, 9.17) is 9.73 Å². The highest BCUT2D eigenvalue weighted by atomic mass is 16.5. The summed E-state index contributed by atoms with van der Waals surface area (Å²) in [7, 11) is 3.76. The van der Waals surface area contributed by atoms with Crippen molar-refractivity contribution in [1.82, 2.24) is 9.88 Å². The Balaban J connectivity index is 1.46. The van der Waals surface area contributed by atoms with E-state index in [1.807, 2.05) is 66.7 Å². The first-order chi connectivity index (χ1) is 17.6. The molecule has 0 spiro atoms. The molecule has 5 rings (SSSR count). The van der Waals surface area contributed by atoms with Crippen molar-refractivity contribution < 1.29 is 9.84 Å². The van der Waals surface area contributed by atoms with Crippen molar-refractivity contribution in [2.45, 2.75) is 13.1 Å². The third-order valence-electron chi connectivity index (χ3n) is 6.20. The number of ether oxygens (including phenoxy) is 1. The molecular weight excluding hydrogens is 446 g/mol. The molecule has 0 radical (unpaired) electrons. The van der Waals surface area contributed by atoms with Crippen LogP contribution in [-0.2, 0) is 13.1 Å². The van der Waals surface area contributed by atoms with Crippen molar-refractivity contribution in [3.05, 3.63) is 125 Å². The molecule has 180 valence electrons. The largest absolute Gasteiger partial charge is 0.497 e. The smallest absolute Gasteiger partial charge is 0.199 e. The van der Waals surface area contributed by atoms with Gasteiger partial charge in [0.25, 0.3) is 0 Å². The van der Waals surface area contributed by atoms with Crippen LogP contribution in [-0.4, -0.2) is 34.9 Å². The molecule has 5 aromatic rings. The molecule has 0 saturated carbocycles. The van der Waals surface area contributed by atoms with Gasteiger partial charge >= 0.3 is 0 Å². The highest BCUT2D eigenvalue weighted by molar-refractivity contribution is 6.21. The second kappa shape index (κ2) is 10.5. The highest BCUT2D eigenvalue weighted by Gasteiger charge is 2.19. The lowest BCUT2D eigenvalue weighted by Crippen LogP contribution is -2.17. The van der Waals surface area contributed by atoms with E-state index in [1.54, 1.807) is 7.11 Å². The first-order valence-corrected chi connectivity index (χ1v) is 12.0. The van der Waals surface area contributed by atoms with Gasteiger partial charge in [-0.1, -0.05) is 72.8 Å². The lowest BCUT2D eigenvalue weighted by atomic mass is 10.0. The van der Waals surface area contributed by atoms with E-state index in [-0.39, 0.29) is 5.88 Å². The Morgan fingerprint density at radius 1 is 0.833 bits per heavy atom. The maximum absolute atomic E-state index is 10.9. The number of benzene rings is 4. The Kier molecular flexibility index (Phi) is 6.83. The van der Waals surface area contributed by atoms with E-state index >= 15 is 0 Å². The molecule has 36 heavy (non-hydrogen) atoms. The maximum atomic E-state index is 10.9. The number of aromatic hydroxyl groups is 1. The molecule has 0 fully saturated rings. The van der Waals surface area contributed by atoms with Gasteiger partial charge in [0.05, 0.1) is 29.6 Å². The fourth-order valence-electron chi connectivity index (χ4n) is 4.46. The fourth-order valence-corrected chi connectivity index (χ4v) is 4.46. The Morgan fingerprint density at radius 2 is 1.47 bits per heavy atom. The van der Waals surface area contributed by atoms with Crippen molar-refractivity contribution >= 4 is 22.3 Å². The van der Waals surface area contributed by atoms with E-state index < -0.39 is 0 Å². The topological polar surface area (TPSA) is 60.9 Å². The Bertz CT molecular complexity index is 1470. The van der Waals surface area contributed by atoms with Gasteiger partial charge in [0.2, 0.25) is 0 Å². The third-order valence-corrected chi connectivity index (χ3v) is 6.20. The van der Waals surface area contributed by atoms with Crippen LogP contribution in [0.25, 0.3) is 10.9 Å². The molecule has 5 heteroatoms. The Hall–Kier alpha value is -4.35. The second-order valence-electron chi connectivity index (χ2n) is 8.91. The summed E-state index contributed by atoms with van der Waals surface area (Å²) in [6, 6.07) is 34.4. The number of methoxy groups -OCH3 is 1. The van der Waals surface area contributed by atoms with E-state index in [0.29, 0.717) is 11.3 Å². The van der Waals surface area contributed by atoms with Crippen LogP contribution in [0.15, 0.2) is 108 Å². The summed E-state index contributed by atoms with van der Waals surface area (Å²) in [5, 5.41) is 11.8. The lowest BCUT2D eigenvalue weighted by molar-refractivity contribution is 0.319. The average Bonchev–Trinajstić information content (AvgIpc) is 3.23. The molecule has 0 saturated heterocycles. The summed E-state index contributed by atoms with van der Waals surface area (Å²) in [6.07, 6.45) is 0. The predicted octanol–water partition coefficient (Wildman–Crippen LogP) is 6.68. The van der Waals surface area contributed by atoms with Crippen LogP contribution in [0.2, 0.25) is 0 Å². The summed E-state index contributed by atoms with van der Waals surface area (Å²) < 4.78 is 5.35. The summed E-state index contributed by atoms with van der Waals surface area (Å²) in [4.78, 5) is 10.4. The van der Waals surface area contributed by atoms with Crippen molar-refractivity contribution in [1.29, 1.82) is 0 Å². The molecule has 5 nitrogen and oxygen atoms in total. The molecule has 0 atom stereocenters. The molecule has 1 aromatic heterocycles. The van der Waals surface area contributed by atoms with Gasteiger partial charge < -0.3 is 14.8 Å². The molecule has 1 heterocycles. The van der Waals surface area contributed by atoms with Crippen molar-refractivity contribution in [2.24, 2.45) is 4.99 Å². The molecule has 4 aromatic carbocycles. The lowest BCUT2D eigenvalue weighted by Gasteiger charge is -2.17. The minimum absolute atomic E-state index is 0.0833. The zero-order valence-corrected chi connectivity index (χ0v) is 20.5. The first kappa shape index (κ1) is 23.4. The summed E-state index contributed by atoms with van der Waals surface area (Å²) in [6.45, 7) is 1.74. The predicted molar refractivity (Wildman–Crippen MR) is 146 cm³/mol. The van der Waals surface area contributed by atoms with Crippen LogP contribution in [0, 0.1) is 0 Å². The number of nitrogens with zero attached hydrogens (tertiary/aromatic N) is 2. The number of H-pyrrole nitrogens is 1. The van der Waals surface area contributed by atoms with E-state index in [2.05, 4.69) is 53.3 Å². The van der Waals surface area contributed by atoms with Crippen LogP contribution < -0.4 is 4.74 Å². The fraction of sp³-hybridized carbons (Fsp3) is 0.129. The second-order valence-corrected chi connectivity index (χ2v) is 8.91. The molecule has 0 aliphatic carbocycles. The van der Waals surface area contributed by atoms with Gasteiger partial charge in [0.1, 0.15) is 5.75 Å². The first-order valence-electron chi connectivity index (χ1n) is 12.0. The van der Waals surface area contributed by atoms with Crippen molar-refractivity contribution in [3.63, 3.8) is 0 Å². The van der Waals surface area contributed by atoms with Gasteiger partial charge in [0.15, 0.2) is 5.88 Å². The van der Waals surface area contributed by atoms with Crippen LogP contribution in [0.3, 0.4) is 0 Å². The normalized spacial score (nSPS) is 11.8. The monoisotopic (exact) mass is 475 g/mol. The quantitative estimate of drug-likeness (QED) is 0.246. The van der Waals surface area contributed by atoms with Crippen LogP contribution in [0.5, 0.6) is 11.6 Å². The number of aromatic amines is 1. The standard InChI is InChI=1S/C31H29N3O2/c1-34(20-22-9-5-3-6-10-22)21-23-13-15-25(16-14-23)32-30(24-11-7-4-8-12-24)29-27-18-17-26(36-2)19-28(27)33-31(29)35/h3-19,33,35H,20-21H2,1-2H3. The number of hydrogen-bond donors (Lipinski definition) is 2. The summed E-state index contributed by atoms with van der Waals surface area (Å²) >= 11 is 0. The van der Waals surface area contributed by atoms with Gasteiger partial charge in [-0.05, 0) is 42.4 Å². The molecule has 0 amide bonds. The molecule has 0 aliphatic heterocycles. The van der Waals surface area contributed by atoms with Crippen LogP contribution in [0.4, 0.5) is 5.69 Å². The highest BCUT2D eigenvalue weighted by Crippen LogP contribution is 2.33. The average molecular weight is 476 g/mol. The zero-order chi connectivity index (χ0) is 24.9. The van der Waals surface area contributed by atoms with Gasteiger partial charge in [0, 0.05) is 30.1 Å². The Labute approximate surface area is 211 Å². The molecule has 0 unspecified atom stereocenters. The van der Waals surface area contributed by atoms with Gasteiger partial charge in [-0.25, -0.2) is 4.99 Å². The number of aromatic nitrogens is 1. The van der Waals surface area contributed by atoms with E-state index in [0.717, 1.165) is 41.0 Å². The van der Waals surface area contributed by atoms with E-state index in [9.17, 15) is 5.11 Å². The van der Waals surface area contributed by atoms with E-state index in [1.165, 1.54) is 11.1 Å². The number of hydrogen-bond acceptors (Lipinski definition) is 4. The minimum Gasteiger partial charge on any atom is -0.497 e. The molecule has 0 aliphatic rings. The van der Waals surface area contributed by atoms with Gasteiger partial charge in [-0.2, -0.15) is 0 Å². The maximum Gasteiger partial charge on any atom is 0.199 e. The van der Waals surface area contributed by atoms with Crippen LogP contribution >= 0.6 is 0 Å². The number of nitrogens with one attached hydrogen (secondary N) is 1. The van der Waals surface area contributed by atoms with Crippen molar-refractivity contribution in [3.8, 4) is 11.6 Å². The van der Waals surface area contributed by atoms with Gasteiger partial charge in [-0.15, -0.1) is 0 Å². The molecule has 0 bridgehead atoms. The van der Waals surface area contributed by atoms with Gasteiger partial charge in [-0.3, -0.25) is 4.90 Å². The molecular formula is C31H29N3O2. The van der Waals surface area contributed by atoms with Crippen molar-refractivity contribution in [2.75, 3.05) is 14.2 Å². The SMILES string of the molecule is COc1ccc2c(C(=Nc3ccc(CN(C)Cc4ccccc4)cc3)c3ccccc3)c(O)[nH]c2c1.